The number of amides is 3. The third-order valence-electron chi connectivity index (χ3n) is 7.38. The topological polar surface area (TPSA) is 108 Å². The van der Waals surface area contributed by atoms with Gasteiger partial charge >= 0.3 is 6.09 Å². The number of hydrogen-bond donors (Lipinski definition) is 3. The van der Waals surface area contributed by atoms with Gasteiger partial charge in [0, 0.05) is 19.5 Å². The Hall–Kier alpha value is -4.33. The third-order valence-corrected chi connectivity index (χ3v) is 7.38. The summed E-state index contributed by atoms with van der Waals surface area (Å²) in [6, 6.07) is 21.9. The second-order valence-electron chi connectivity index (χ2n) is 12.5. The summed E-state index contributed by atoms with van der Waals surface area (Å²) >= 11 is 0. The Morgan fingerprint density at radius 3 is 2.20 bits per heavy atom. The largest absolute Gasteiger partial charge is 0.508 e. The molecule has 3 rings (SSSR count). The van der Waals surface area contributed by atoms with Gasteiger partial charge in [-0.25, -0.2) is 4.79 Å². The molecule has 45 heavy (non-hydrogen) atoms. The van der Waals surface area contributed by atoms with Crippen molar-refractivity contribution in [2.24, 2.45) is 0 Å². The number of carbonyl (C=O) groups excluding carboxylic acids is 3. The fourth-order valence-corrected chi connectivity index (χ4v) is 5.16. The molecule has 0 fully saturated rings. The number of alkyl carbamates (subject to hydrolysis) is 1. The monoisotopic (exact) mass is 615 g/mol. The summed E-state index contributed by atoms with van der Waals surface area (Å²) < 4.78 is 5.54. The van der Waals surface area contributed by atoms with E-state index in [4.69, 9.17) is 4.74 Å². The van der Waals surface area contributed by atoms with Crippen LogP contribution in [0.4, 0.5) is 4.79 Å². The summed E-state index contributed by atoms with van der Waals surface area (Å²) in [5.41, 5.74) is 2.59. The minimum Gasteiger partial charge on any atom is -0.508 e. The lowest BCUT2D eigenvalue weighted by Gasteiger charge is -2.35. The lowest BCUT2D eigenvalue weighted by molar-refractivity contribution is -0.142. The molecular formula is C37H49N3O5. The molecule has 3 aromatic carbocycles. The Morgan fingerprint density at radius 2 is 1.56 bits per heavy atom. The second-order valence-corrected chi connectivity index (χ2v) is 12.5. The summed E-state index contributed by atoms with van der Waals surface area (Å²) in [4.78, 5) is 43.4. The Bertz CT molecular complexity index is 1370. The standard InChI is InChI=1S/C37H49N3O5/c1-6-7-8-9-13-23-40(33(30-18-14-15-27(2)24-30)34(42)38-26-29-16-11-10-12-17-29)35(43)32(39-36(44)45-37(3,4)5)25-28-19-21-31(41)22-20-28/h10-12,14-22,24,32-33,41H,6-9,13,23,25-26H2,1-5H3,(H,38,42)(H,39,44). The molecule has 3 amide bonds. The van der Waals surface area contributed by atoms with E-state index >= 15 is 0 Å². The highest BCUT2D eigenvalue weighted by Gasteiger charge is 2.36. The van der Waals surface area contributed by atoms with Gasteiger partial charge < -0.3 is 25.4 Å². The van der Waals surface area contributed by atoms with Gasteiger partial charge in [-0.2, -0.15) is 0 Å². The van der Waals surface area contributed by atoms with Crippen molar-refractivity contribution in [1.82, 2.24) is 15.5 Å². The number of phenols is 1. The zero-order valence-electron chi connectivity index (χ0n) is 27.3. The minimum atomic E-state index is -1.02. The van der Waals surface area contributed by atoms with Crippen molar-refractivity contribution in [3.05, 3.63) is 101 Å². The maximum absolute atomic E-state index is 14.6. The molecule has 3 N–H and O–H groups in total. The Morgan fingerprint density at radius 1 is 0.867 bits per heavy atom. The summed E-state index contributed by atoms with van der Waals surface area (Å²) in [6.45, 7) is 10.0. The van der Waals surface area contributed by atoms with E-state index in [0.717, 1.165) is 42.4 Å². The smallest absolute Gasteiger partial charge is 0.408 e. The van der Waals surface area contributed by atoms with Gasteiger partial charge in [-0.15, -0.1) is 0 Å². The highest BCUT2D eigenvalue weighted by Crippen LogP contribution is 2.26. The number of nitrogens with zero attached hydrogens (tertiary/aromatic N) is 1. The fourth-order valence-electron chi connectivity index (χ4n) is 5.16. The number of aryl methyl sites for hydroxylation is 1. The molecule has 3 aromatic rings. The van der Waals surface area contributed by atoms with Gasteiger partial charge in [0.25, 0.3) is 0 Å². The SMILES string of the molecule is CCCCCCCN(C(=O)C(Cc1ccc(O)cc1)NC(=O)OC(C)(C)C)C(C(=O)NCc1ccccc1)c1cccc(C)c1. The molecule has 8 nitrogen and oxygen atoms in total. The normalized spacial score (nSPS) is 12.6. The van der Waals surface area contributed by atoms with Crippen molar-refractivity contribution < 1.29 is 24.2 Å². The number of aromatic hydroxyl groups is 1. The molecule has 2 unspecified atom stereocenters. The van der Waals surface area contributed by atoms with E-state index < -0.39 is 23.8 Å². The lowest BCUT2D eigenvalue weighted by Crippen LogP contribution is -2.54. The molecule has 0 bridgehead atoms. The van der Waals surface area contributed by atoms with Crippen LogP contribution in [0.2, 0.25) is 0 Å². The summed E-state index contributed by atoms with van der Waals surface area (Å²) in [6.07, 6.45) is 4.26. The van der Waals surface area contributed by atoms with Crippen molar-refractivity contribution in [1.29, 1.82) is 0 Å². The van der Waals surface area contributed by atoms with Gasteiger partial charge in [-0.3, -0.25) is 9.59 Å². The number of benzene rings is 3. The molecule has 0 saturated heterocycles. The van der Waals surface area contributed by atoms with Gasteiger partial charge in [-0.1, -0.05) is 105 Å². The zero-order valence-corrected chi connectivity index (χ0v) is 27.3. The molecule has 0 spiro atoms. The third kappa shape index (κ3) is 11.9. The number of rotatable bonds is 15. The molecule has 0 aromatic heterocycles. The van der Waals surface area contributed by atoms with Crippen LogP contribution < -0.4 is 10.6 Å². The Balaban J connectivity index is 2.02. The molecule has 2 atom stereocenters. The van der Waals surface area contributed by atoms with Crippen molar-refractivity contribution >= 4 is 17.9 Å². The predicted octanol–water partition coefficient (Wildman–Crippen LogP) is 6.99. The molecule has 0 aliphatic heterocycles. The van der Waals surface area contributed by atoms with Crippen LogP contribution in [0.15, 0.2) is 78.9 Å². The number of phenolic OH excluding ortho intramolecular Hbond substituents is 1. The van der Waals surface area contributed by atoms with Crippen molar-refractivity contribution in [2.45, 2.75) is 97.4 Å². The van der Waals surface area contributed by atoms with Gasteiger partial charge in [0.15, 0.2) is 0 Å². The van der Waals surface area contributed by atoms with Gasteiger partial charge in [0.05, 0.1) is 0 Å². The lowest BCUT2D eigenvalue weighted by atomic mass is 9.98. The first-order valence-corrected chi connectivity index (χ1v) is 15.9. The van der Waals surface area contributed by atoms with Crippen LogP contribution in [0.25, 0.3) is 0 Å². The first-order chi connectivity index (χ1) is 21.5. The fraction of sp³-hybridized carbons (Fsp3) is 0.432. The van der Waals surface area contributed by atoms with Gasteiger partial charge in [-0.05, 0) is 62.9 Å². The molecular weight excluding hydrogens is 566 g/mol. The molecule has 0 radical (unpaired) electrons. The number of ether oxygens (including phenoxy) is 1. The summed E-state index contributed by atoms with van der Waals surface area (Å²) in [5.74, 6) is -0.581. The number of hydrogen-bond acceptors (Lipinski definition) is 5. The van der Waals surface area contributed by atoms with E-state index in [1.165, 1.54) is 0 Å². The first-order valence-electron chi connectivity index (χ1n) is 15.9. The quantitative estimate of drug-likeness (QED) is 0.160. The number of nitrogens with one attached hydrogen (secondary N) is 2. The van der Waals surface area contributed by atoms with Crippen LogP contribution in [-0.4, -0.2) is 46.1 Å². The first kappa shape index (κ1) is 35.2. The number of unbranched alkanes of at least 4 members (excludes halogenated alkanes) is 4. The van der Waals surface area contributed by atoms with E-state index in [0.29, 0.717) is 25.1 Å². The maximum atomic E-state index is 14.6. The molecule has 8 heteroatoms. The van der Waals surface area contributed by atoms with Gasteiger partial charge in [0.2, 0.25) is 11.8 Å². The summed E-state index contributed by atoms with van der Waals surface area (Å²) in [5, 5.41) is 15.7. The van der Waals surface area contributed by atoms with Crippen molar-refractivity contribution in [3.63, 3.8) is 0 Å². The average Bonchev–Trinajstić information content (AvgIpc) is 2.99. The minimum absolute atomic E-state index is 0.102. The van der Waals surface area contributed by atoms with Crippen LogP contribution in [0.1, 0.15) is 88.1 Å². The zero-order chi connectivity index (χ0) is 32.8. The van der Waals surface area contributed by atoms with Crippen LogP contribution in [0, 0.1) is 6.92 Å². The van der Waals surface area contributed by atoms with Crippen LogP contribution in [-0.2, 0) is 27.3 Å². The van der Waals surface area contributed by atoms with Crippen LogP contribution in [0.3, 0.4) is 0 Å². The molecule has 0 saturated carbocycles. The maximum Gasteiger partial charge on any atom is 0.408 e. The van der Waals surface area contributed by atoms with Crippen molar-refractivity contribution in [2.75, 3.05) is 6.54 Å². The Kier molecular flexibility index (Phi) is 13.5. The Labute approximate surface area is 268 Å². The van der Waals surface area contributed by atoms with Crippen LogP contribution >= 0.6 is 0 Å². The molecule has 242 valence electrons. The van der Waals surface area contributed by atoms with E-state index in [1.807, 2.05) is 61.5 Å². The predicted molar refractivity (Wildman–Crippen MR) is 178 cm³/mol. The van der Waals surface area contributed by atoms with E-state index in [1.54, 1.807) is 49.9 Å². The second kappa shape index (κ2) is 17.2. The highest BCUT2D eigenvalue weighted by molar-refractivity contribution is 5.92. The molecule has 0 heterocycles. The average molecular weight is 616 g/mol. The summed E-state index contributed by atoms with van der Waals surface area (Å²) in [7, 11) is 0. The number of carbonyl (C=O) groups is 3. The van der Waals surface area contributed by atoms with E-state index in [9.17, 15) is 19.5 Å². The molecule has 0 aliphatic rings. The molecule has 0 aliphatic carbocycles. The van der Waals surface area contributed by atoms with E-state index in [2.05, 4.69) is 17.6 Å². The van der Waals surface area contributed by atoms with Crippen LogP contribution in [0.5, 0.6) is 5.75 Å². The highest BCUT2D eigenvalue weighted by atomic mass is 16.6. The van der Waals surface area contributed by atoms with E-state index in [-0.39, 0.29) is 24.0 Å². The van der Waals surface area contributed by atoms with Crippen molar-refractivity contribution in [3.8, 4) is 5.75 Å². The van der Waals surface area contributed by atoms with Gasteiger partial charge in [0.1, 0.15) is 23.4 Å².